The number of hydrogen-bond acceptors (Lipinski definition) is 5. The molecule has 1 aromatic rings. The van der Waals surface area contributed by atoms with Gasteiger partial charge in [-0.2, -0.15) is 0 Å². The SMILES string of the molecule is CNc1ccc(C(=O)NCCNC(=O)N(C)C)nn1. The van der Waals surface area contributed by atoms with Crippen LogP contribution >= 0.6 is 0 Å². The molecule has 104 valence electrons. The number of urea groups is 1. The number of nitrogens with one attached hydrogen (secondary N) is 3. The predicted molar refractivity (Wildman–Crippen MR) is 71.0 cm³/mol. The van der Waals surface area contributed by atoms with Gasteiger partial charge in [0.25, 0.3) is 5.91 Å². The molecule has 0 spiro atoms. The number of rotatable bonds is 5. The molecule has 0 fully saturated rings. The molecule has 0 unspecified atom stereocenters. The lowest BCUT2D eigenvalue weighted by Crippen LogP contribution is -2.39. The van der Waals surface area contributed by atoms with E-state index in [-0.39, 0.29) is 17.6 Å². The molecule has 0 radical (unpaired) electrons. The third-order valence-electron chi connectivity index (χ3n) is 2.25. The second kappa shape index (κ2) is 7.14. The summed E-state index contributed by atoms with van der Waals surface area (Å²) in [5.74, 6) is 0.268. The molecule has 19 heavy (non-hydrogen) atoms. The Morgan fingerprint density at radius 2 is 1.84 bits per heavy atom. The molecule has 0 aliphatic carbocycles. The van der Waals surface area contributed by atoms with E-state index < -0.39 is 0 Å². The molecule has 0 aliphatic heterocycles. The van der Waals surface area contributed by atoms with Crippen LogP contribution in [0.3, 0.4) is 0 Å². The minimum absolute atomic E-state index is 0.201. The molecule has 1 heterocycles. The molecular weight excluding hydrogens is 248 g/mol. The van der Waals surface area contributed by atoms with Crippen molar-refractivity contribution < 1.29 is 9.59 Å². The lowest BCUT2D eigenvalue weighted by Gasteiger charge is -2.12. The Hall–Kier alpha value is -2.38. The van der Waals surface area contributed by atoms with Crippen molar-refractivity contribution in [2.75, 3.05) is 39.5 Å². The first-order chi connectivity index (χ1) is 9.04. The molecular formula is C11H18N6O2. The van der Waals surface area contributed by atoms with Crippen molar-refractivity contribution in [1.82, 2.24) is 25.7 Å². The zero-order valence-corrected chi connectivity index (χ0v) is 11.2. The van der Waals surface area contributed by atoms with Gasteiger partial charge >= 0.3 is 6.03 Å². The molecule has 0 aliphatic rings. The fraction of sp³-hybridized carbons (Fsp3) is 0.455. The normalized spacial score (nSPS) is 9.63. The summed E-state index contributed by atoms with van der Waals surface area (Å²) in [4.78, 5) is 24.3. The fourth-order valence-corrected chi connectivity index (χ4v) is 1.18. The van der Waals surface area contributed by atoms with Gasteiger partial charge in [0.15, 0.2) is 5.69 Å². The first-order valence-electron chi connectivity index (χ1n) is 5.79. The number of carbonyl (C=O) groups excluding carboxylic acids is 2. The van der Waals surface area contributed by atoms with E-state index in [9.17, 15) is 9.59 Å². The summed E-state index contributed by atoms with van der Waals surface area (Å²) in [6.45, 7) is 0.679. The van der Waals surface area contributed by atoms with Crippen LogP contribution in [0.25, 0.3) is 0 Å². The quantitative estimate of drug-likeness (QED) is 0.625. The number of amides is 3. The number of anilines is 1. The molecule has 1 rings (SSSR count). The van der Waals surface area contributed by atoms with Gasteiger partial charge in [0.1, 0.15) is 5.82 Å². The molecule has 3 N–H and O–H groups in total. The van der Waals surface area contributed by atoms with Gasteiger partial charge in [-0.3, -0.25) is 4.79 Å². The topological polar surface area (TPSA) is 99.2 Å². The van der Waals surface area contributed by atoms with Crippen molar-refractivity contribution in [1.29, 1.82) is 0 Å². The molecule has 0 saturated heterocycles. The van der Waals surface area contributed by atoms with Crippen LogP contribution in [0.2, 0.25) is 0 Å². The largest absolute Gasteiger partial charge is 0.372 e. The van der Waals surface area contributed by atoms with Crippen LogP contribution in [0.5, 0.6) is 0 Å². The second-order valence-corrected chi connectivity index (χ2v) is 3.94. The van der Waals surface area contributed by atoms with Crippen molar-refractivity contribution in [3.63, 3.8) is 0 Å². The monoisotopic (exact) mass is 266 g/mol. The zero-order valence-electron chi connectivity index (χ0n) is 11.2. The third-order valence-corrected chi connectivity index (χ3v) is 2.25. The maximum absolute atomic E-state index is 11.7. The zero-order chi connectivity index (χ0) is 14.3. The molecule has 8 heteroatoms. The first kappa shape index (κ1) is 14.7. The van der Waals surface area contributed by atoms with Gasteiger partial charge < -0.3 is 20.9 Å². The highest BCUT2D eigenvalue weighted by molar-refractivity contribution is 5.92. The Morgan fingerprint density at radius 3 is 2.37 bits per heavy atom. The van der Waals surface area contributed by atoms with Gasteiger partial charge in [-0.1, -0.05) is 0 Å². The van der Waals surface area contributed by atoms with Crippen LogP contribution in [0.1, 0.15) is 10.5 Å². The van der Waals surface area contributed by atoms with E-state index in [1.54, 1.807) is 33.3 Å². The maximum atomic E-state index is 11.7. The Bertz CT molecular complexity index is 431. The summed E-state index contributed by atoms with van der Waals surface area (Å²) in [7, 11) is 5.01. The van der Waals surface area contributed by atoms with Crippen molar-refractivity contribution >= 4 is 17.8 Å². The molecule has 0 saturated carbocycles. The van der Waals surface area contributed by atoms with E-state index in [0.717, 1.165) is 0 Å². The first-order valence-corrected chi connectivity index (χ1v) is 5.79. The molecule has 8 nitrogen and oxygen atoms in total. The fourth-order valence-electron chi connectivity index (χ4n) is 1.18. The Morgan fingerprint density at radius 1 is 1.16 bits per heavy atom. The second-order valence-electron chi connectivity index (χ2n) is 3.94. The average molecular weight is 266 g/mol. The van der Waals surface area contributed by atoms with E-state index >= 15 is 0 Å². The van der Waals surface area contributed by atoms with Crippen LogP contribution in [-0.4, -0.2) is 61.3 Å². The summed E-state index contributed by atoms with van der Waals surface area (Å²) < 4.78 is 0. The van der Waals surface area contributed by atoms with Crippen LogP contribution in [0.4, 0.5) is 10.6 Å². The number of carbonyl (C=O) groups is 2. The van der Waals surface area contributed by atoms with Crippen molar-refractivity contribution in [2.45, 2.75) is 0 Å². The van der Waals surface area contributed by atoms with Gasteiger partial charge in [-0.25, -0.2) is 4.79 Å². The standard InChI is InChI=1S/C11H18N6O2/c1-12-9-5-4-8(15-16-9)10(18)13-6-7-14-11(19)17(2)3/h4-5H,6-7H2,1-3H3,(H,12,16)(H,13,18)(H,14,19). The molecule has 0 aromatic carbocycles. The highest BCUT2D eigenvalue weighted by Crippen LogP contribution is 1.99. The minimum Gasteiger partial charge on any atom is -0.372 e. The molecule has 0 bridgehead atoms. The summed E-state index contributed by atoms with van der Waals surface area (Å²) >= 11 is 0. The van der Waals surface area contributed by atoms with E-state index in [1.807, 2.05) is 0 Å². The van der Waals surface area contributed by atoms with Gasteiger partial charge in [0.05, 0.1) is 0 Å². The number of aromatic nitrogens is 2. The maximum Gasteiger partial charge on any atom is 0.316 e. The smallest absolute Gasteiger partial charge is 0.316 e. The highest BCUT2D eigenvalue weighted by Gasteiger charge is 2.07. The van der Waals surface area contributed by atoms with E-state index in [0.29, 0.717) is 18.9 Å². The van der Waals surface area contributed by atoms with Gasteiger partial charge in [-0.15, -0.1) is 10.2 Å². The molecule has 3 amide bonds. The minimum atomic E-state index is -0.325. The Kier molecular flexibility index (Phi) is 5.52. The summed E-state index contributed by atoms with van der Waals surface area (Å²) in [5, 5.41) is 15.7. The van der Waals surface area contributed by atoms with Crippen LogP contribution in [-0.2, 0) is 0 Å². The molecule has 0 atom stereocenters. The lowest BCUT2D eigenvalue weighted by atomic mass is 10.3. The van der Waals surface area contributed by atoms with Gasteiger partial charge in [0, 0.05) is 34.2 Å². The van der Waals surface area contributed by atoms with E-state index in [2.05, 4.69) is 26.1 Å². The van der Waals surface area contributed by atoms with Crippen LogP contribution in [0.15, 0.2) is 12.1 Å². The number of hydrogen-bond donors (Lipinski definition) is 3. The molecule has 1 aromatic heterocycles. The lowest BCUT2D eigenvalue weighted by molar-refractivity contribution is 0.0947. The van der Waals surface area contributed by atoms with Crippen molar-refractivity contribution in [3.05, 3.63) is 17.8 Å². The van der Waals surface area contributed by atoms with E-state index in [4.69, 9.17) is 0 Å². The van der Waals surface area contributed by atoms with Crippen molar-refractivity contribution in [2.24, 2.45) is 0 Å². The van der Waals surface area contributed by atoms with Gasteiger partial charge in [0.2, 0.25) is 0 Å². The predicted octanol–water partition coefficient (Wildman–Crippen LogP) is -0.481. The third kappa shape index (κ3) is 4.78. The van der Waals surface area contributed by atoms with Gasteiger partial charge in [-0.05, 0) is 12.1 Å². The number of nitrogens with zero attached hydrogens (tertiary/aromatic N) is 3. The highest BCUT2D eigenvalue weighted by atomic mass is 16.2. The average Bonchev–Trinajstić information content (AvgIpc) is 2.43. The van der Waals surface area contributed by atoms with E-state index in [1.165, 1.54) is 4.90 Å². The summed E-state index contributed by atoms with van der Waals surface area (Å²) in [6, 6.07) is 3.04. The Balaban J connectivity index is 2.33. The van der Waals surface area contributed by atoms with Crippen LogP contribution < -0.4 is 16.0 Å². The van der Waals surface area contributed by atoms with Crippen LogP contribution in [0, 0.1) is 0 Å². The Labute approximate surface area is 111 Å². The van der Waals surface area contributed by atoms with Crippen molar-refractivity contribution in [3.8, 4) is 0 Å². The summed E-state index contributed by atoms with van der Waals surface area (Å²) in [6.07, 6.45) is 0. The summed E-state index contributed by atoms with van der Waals surface area (Å²) in [5.41, 5.74) is 0.234.